The van der Waals surface area contributed by atoms with Crippen LogP contribution in [0.4, 0.5) is 0 Å². The summed E-state index contributed by atoms with van der Waals surface area (Å²) >= 11 is 0. The Morgan fingerprint density at radius 3 is 1.60 bits per heavy atom. The van der Waals surface area contributed by atoms with Crippen LogP contribution in [0.2, 0.25) is 0 Å². The highest BCUT2D eigenvalue weighted by atomic mass is 16.4. The molecule has 1 fully saturated rings. The lowest BCUT2D eigenvalue weighted by molar-refractivity contribution is -0.143. The van der Waals surface area contributed by atoms with Crippen molar-refractivity contribution in [1.29, 1.82) is 0 Å². The summed E-state index contributed by atoms with van der Waals surface area (Å²) in [5.74, 6) is -12.7. The first kappa shape index (κ1) is 71.8. The molecule has 0 aliphatic carbocycles. The van der Waals surface area contributed by atoms with E-state index in [2.05, 4.69) is 47.5 Å². The lowest BCUT2D eigenvalue weighted by atomic mass is 9.96. The number of likely N-dealkylation sites (tertiary alicyclic amines) is 1. The van der Waals surface area contributed by atoms with Crippen LogP contribution in [0.1, 0.15) is 138 Å². The number of carbonyl (C=O) groups is 12. The summed E-state index contributed by atoms with van der Waals surface area (Å²) in [6.07, 6.45) is 0.151. The van der Waals surface area contributed by atoms with E-state index in [1.165, 1.54) is 6.92 Å². The molecule has 0 unspecified atom stereocenters. The lowest BCUT2D eigenvalue weighted by Crippen LogP contribution is -2.61. The zero-order chi connectivity index (χ0) is 61.7. The number of nitrogens with two attached hydrogens (primary N) is 5. The average Bonchev–Trinajstić information content (AvgIpc) is 3.91. The number of nitrogens with zero attached hydrogens (tertiary/aromatic N) is 2. The Bertz CT molecular complexity index is 2180. The number of primary amides is 1. The number of nitrogens with one attached hydrogen (secondary N) is 8. The fourth-order valence-electron chi connectivity index (χ4n) is 8.48. The molecule has 460 valence electrons. The fraction of sp³-hybridized carbons (Fsp3) is 0.745. The monoisotopic (exact) mass is 1150 g/mol. The normalized spacial score (nSPS) is 17.1. The van der Waals surface area contributed by atoms with Crippen molar-refractivity contribution < 1.29 is 72.9 Å². The highest BCUT2D eigenvalue weighted by Gasteiger charge is 2.41. The molecule has 10 amide bonds. The Labute approximate surface area is 472 Å². The predicted molar refractivity (Wildman–Crippen MR) is 295 cm³/mol. The molecule has 0 aromatic rings. The van der Waals surface area contributed by atoms with Gasteiger partial charge in [-0.3, -0.25) is 62.5 Å². The third-order valence-corrected chi connectivity index (χ3v) is 13.8. The largest absolute Gasteiger partial charge is 0.481 e. The van der Waals surface area contributed by atoms with Crippen LogP contribution in [0.5, 0.6) is 0 Å². The van der Waals surface area contributed by atoms with Crippen LogP contribution in [-0.4, -0.2) is 184 Å². The number of unbranched alkanes of at least 4 members (excludes halogenated alkanes) is 1. The number of amides is 10. The predicted octanol–water partition coefficient (Wildman–Crippen LogP) is -4.27. The van der Waals surface area contributed by atoms with E-state index in [1.54, 1.807) is 20.8 Å². The first-order valence-electron chi connectivity index (χ1n) is 27.6. The van der Waals surface area contributed by atoms with Gasteiger partial charge in [-0.15, -0.1) is 0 Å². The molecular formula is C51H91N15O15. The molecule has 1 rings (SSSR count). The average molecular weight is 1150 g/mol. The Kier molecular flexibility index (Phi) is 32.7. The molecular weight excluding hydrogens is 1060 g/mol. The Morgan fingerprint density at radius 1 is 0.593 bits per heavy atom. The van der Waals surface area contributed by atoms with Gasteiger partial charge in [0.2, 0.25) is 59.1 Å². The molecule has 1 aliphatic heterocycles. The second kappa shape index (κ2) is 36.9. The molecule has 0 aromatic carbocycles. The number of aliphatic carboxylic acids is 2. The minimum Gasteiger partial charge on any atom is -0.481 e. The Hall–Kier alpha value is -7.21. The molecule has 81 heavy (non-hydrogen) atoms. The van der Waals surface area contributed by atoms with Gasteiger partial charge in [-0.1, -0.05) is 54.4 Å². The summed E-state index contributed by atoms with van der Waals surface area (Å²) in [5.41, 5.74) is 28.0. The number of aliphatic imine (C=N–C) groups is 1. The molecule has 21 N–H and O–H groups in total. The molecule has 1 heterocycles. The number of carboxylic acids is 2. The van der Waals surface area contributed by atoms with Gasteiger partial charge in [0.1, 0.15) is 54.4 Å². The van der Waals surface area contributed by atoms with Crippen LogP contribution in [-0.2, 0) is 57.5 Å². The van der Waals surface area contributed by atoms with Gasteiger partial charge in [0.05, 0.1) is 12.6 Å². The molecule has 0 spiro atoms. The Balaban J connectivity index is 3.47. The molecule has 0 bridgehead atoms. The molecule has 12 atom stereocenters. The molecule has 30 heteroatoms. The number of hydrogen-bond donors (Lipinski definition) is 16. The van der Waals surface area contributed by atoms with Crippen molar-refractivity contribution in [2.75, 3.05) is 26.2 Å². The first-order valence-corrected chi connectivity index (χ1v) is 27.6. The second-order valence-electron chi connectivity index (χ2n) is 20.9. The number of hydrogen-bond acceptors (Lipinski definition) is 16. The molecule has 30 nitrogen and oxygen atoms in total. The second-order valence-corrected chi connectivity index (χ2v) is 20.9. The standard InChI is InChI=1S/C51H91N15O15/c1-8-27(5)39(54)47(77)63-34(24-26(3)4)45(75)60-30(14-10-11-21-52)42(72)64-35(25-67)49(79)66-23-13-16-36(66)46(76)61-33(18-20-38(69)70)44(74)65-40(28(6)9-2)48(78)62-32(17-19-37(53)68)43(73)59-31(15-12-22-57-51(55)56)41(71)58-29(7)50(80)81/h26-36,39-40,67H,8-25,52,54H2,1-7H3,(H2,53,68)(H,58,71)(H,59,73)(H,60,75)(H,61,76)(H,62,78)(H,63,77)(H,64,72)(H,65,74)(H,69,70)(H,80,81)(H4,55,56,57)/t27-,28-,29-,30-,31-,32-,33-,34-,35-,36-,39-,40-/m0/s1. The van der Waals surface area contributed by atoms with E-state index < -0.39 is 170 Å². The van der Waals surface area contributed by atoms with Crippen LogP contribution >= 0.6 is 0 Å². The van der Waals surface area contributed by atoms with E-state index in [9.17, 15) is 72.9 Å². The van der Waals surface area contributed by atoms with Gasteiger partial charge in [-0.05, 0) is 95.4 Å². The highest BCUT2D eigenvalue weighted by molar-refractivity contribution is 5.99. The van der Waals surface area contributed by atoms with Gasteiger partial charge in [0, 0.05) is 25.9 Å². The van der Waals surface area contributed by atoms with E-state index in [1.807, 2.05) is 20.8 Å². The topological polar surface area (TPSA) is 507 Å². The van der Waals surface area contributed by atoms with Crippen LogP contribution < -0.4 is 71.2 Å². The van der Waals surface area contributed by atoms with Crippen LogP contribution in [0.15, 0.2) is 4.99 Å². The maximum Gasteiger partial charge on any atom is 0.325 e. The minimum atomic E-state index is -1.65. The molecule has 0 aromatic heterocycles. The van der Waals surface area contributed by atoms with Crippen LogP contribution in [0.25, 0.3) is 0 Å². The van der Waals surface area contributed by atoms with E-state index in [4.69, 9.17) is 28.7 Å². The lowest BCUT2D eigenvalue weighted by Gasteiger charge is -2.31. The number of rotatable bonds is 39. The number of aliphatic hydroxyl groups is 1. The van der Waals surface area contributed by atoms with E-state index >= 15 is 0 Å². The minimum absolute atomic E-state index is 0.0178. The SMILES string of the molecule is CC[C@H](C)[C@H](N)C(=O)N[C@@H](CC(C)C)C(=O)N[C@@H](CCCCN)C(=O)N[C@@H](CO)C(=O)N1CCC[C@H]1C(=O)N[C@@H](CCC(=O)O)C(=O)N[C@H](C(=O)N[C@@H](CCC(N)=O)C(=O)N[C@@H](CCCN=C(N)N)C(=O)N[C@@H](C)C(=O)O)[C@@H](C)CC. The summed E-state index contributed by atoms with van der Waals surface area (Å²) in [5, 5.41) is 49.6. The summed E-state index contributed by atoms with van der Waals surface area (Å²) in [6, 6.07) is -13.7. The van der Waals surface area contributed by atoms with E-state index in [0.717, 1.165) is 4.90 Å². The van der Waals surface area contributed by atoms with Crippen molar-refractivity contribution >= 4 is 77.0 Å². The summed E-state index contributed by atoms with van der Waals surface area (Å²) in [4.78, 5) is 165. The van der Waals surface area contributed by atoms with Crippen molar-refractivity contribution in [3.8, 4) is 0 Å². The quantitative estimate of drug-likeness (QED) is 0.0157. The van der Waals surface area contributed by atoms with Gasteiger partial charge in [-0.2, -0.15) is 0 Å². The summed E-state index contributed by atoms with van der Waals surface area (Å²) in [7, 11) is 0. The van der Waals surface area contributed by atoms with Crippen molar-refractivity contribution in [3.63, 3.8) is 0 Å². The van der Waals surface area contributed by atoms with Gasteiger partial charge >= 0.3 is 11.9 Å². The molecule has 0 radical (unpaired) electrons. The van der Waals surface area contributed by atoms with E-state index in [-0.39, 0.29) is 82.4 Å². The first-order chi connectivity index (χ1) is 38.0. The fourth-order valence-corrected chi connectivity index (χ4v) is 8.48. The number of guanidine groups is 1. The van der Waals surface area contributed by atoms with Gasteiger partial charge < -0.3 is 91.4 Å². The maximum atomic E-state index is 14.2. The van der Waals surface area contributed by atoms with Gasteiger partial charge in [0.25, 0.3) is 0 Å². The third-order valence-electron chi connectivity index (χ3n) is 13.8. The van der Waals surface area contributed by atoms with E-state index in [0.29, 0.717) is 19.3 Å². The zero-order valence-corrected chi connectivity index (χ0v) is 47.8. The van der Waals surface area contributed by atoms with Crippen molar-refractivity contribution in [1.82, 2.24) is 47.4 Å². The number of aliphatic hydroxyl groups excluding tert-OH is 1. The Morgan fingerprint density at radius 2 is 1.09 bits per heavy atom. The summed E-state index contributed by atoms with van der Waals surface area (Å²) < 4.78 is 0. The smallest absolute Gasteiger partial charge is 0.325 e. The third kappa shape index (κ3) is 25.8. The van der Waals surface area contributed by atoms with Crippen molar-refractivity contribution in [3.05, 3.63) is 0 Å². The van der Waals surface area contributed by atoms with Crippen LogP contribution in [0.3, 0.4) is 0 Å². The van der Waals surface area contributed by atoms with Crippen LogP contribution in [0, 0.1) is 17.8 Å². The number of carbonyl (C=O) groups excluding carboxylic acids is 10. The van der Waals surface area contributed by atoms with Crippen molar-refractivity contribution in [2.45, 2.75) is 199 Å². The molecule has 1 aliphatic rings. The summed E-state index contributed by atoms with van der Waals surface area (Å²) in [6.45, 7) is 11.1. The van der Waals surface area contributed by atoms with Gasteiger partial charge in [0.15, 0.2) is 5.96 Å². The van der Waals surface area contributed by atoms with Crippen molar-refractivity contribution in [2.24, 2.45) is 51.4 Å². The maximum absolute atomic E-state index is 14.2. The zero-order valence-electron chi connectivity index (χ0n) is 47.8. The number of carboxylic acid groups (broad SMARTS) is 2. The molecule has 1 saturated heterocycles. The molecule has 0 saturated carbocycles. The highest BCUT2D eigenvalue weighted by Crippen LogP contribution is 2.20. The van der Waals surface area contributed by atoms with Gasteiger partial charge in [-0.25, -0.2) is 0 Å².